The summed E-state index contributed by atoms with van der Waals surface area (Å²) in [7, 11) is 0. The molecule has 7 heteroatoms. The number of halogens is 1. The van der Waals surface area contributed by atoms with Crippen LogP contribution in [-0.4, -0.2) is 39.4 Å². The number of ether oxygens (including phenoxy) is 1. The second-order valence-corrected chi connectivity index (χ2v) is 6.01. The van der Waals surface area contributed by atoms with E-state index in [-0.39, 0.29) is 11.9 Å². The number of hydrogen-bond donors (Lipinski definition) is 1. The molecule has 2 heterocycles. The Balaban J connectivity index is 1.51. The second kappa shape index (κ2) is 6.98. The van der Waals surface area contributed by atoms with Crippen LogP contribution in [0.5, 0.6) is 5.75 Å². The van der Waals surface area contributed by atoms with Crippen molar-refractivity contribution in [3.8, 4) is 22.6 Å². The number of hydrogen-bond acceptors (Lipinski definition) is 5. The van der Waals surface area contributed by atoms with Crippen molar-refractivity contribution in [2.45, 2.75) is 18.9 Å². The van der Waals surface area contributed by atoms with E-state index < -0.39 is 0 Å². The summed E-state index contributed by atoms with van der Waals surface area (Å²) in [6, 6.07) is 12.5. The standard InChI is InChI=1S/C18H18FN5O/c19-18-11-14(24-12-21-22-23-24)3-6-17(18)13-1-4-15(5-2-13)25-16-7-9-20-10-8-16/h1-6,11-12,16,20H,7-10H2. The molecule has 25 heavy (non-hydrogen) atoms. The first kappa shape index (κ1) is 15.7. The van der Waals surface area contributed by atoms with E-state index in [0.29, 0.717) is 11.3 Å². The van der Waals surface area contributed by atoms with Gasteiger partial charge in [0.25, 0.3) is 0 Å². The summed E-state index contributed by atoms with van der Waals surface area (Å²) in [5.74, 6) is 0.501. The SMILES string of the molecule is Fc1cc(-n2cnnn2)ccc1-c1ccc(OC2CCNCC2)cc1. The minimum absolute atomic E-state index is 0.249. The number of aromatic nitrogens is 4. The number of benzene rings is 2. The summed E-state index contributed by atoms with van der Waals surface area (Å²) in [6.45, 7) is 1.98. The predicted octanol–water partition coefficient (Wildman–Crippen LogP) is 2.60. The van der Waals surface area contributed by atoms with Gasteiger partial charge in [-0.3, -0.25) is 0 Å². The first-order valence-electron chi connectivity index (χ1n) is 8.30. The van der Waals surface area contributed by atoms with Crippen LogP contribution in [0.4, 0.5) is 4.39 Å². The maximum atomic E-state index is 14.5. The Labute approximate surface area is 144 Å². The number of rotatable bonds is 4. The lowest BCUT2D eigenvalue weighted by Crippen LogP contribution is -2.34. The Bertz CT molecular complexity index is 829. The maximum Gasteiger partial charge on any atom is 0.143 e. The van der Waals surface area contributed by atoms with Crippen LogP contribution in [0, 0.1) is 5.82 Å². The van der Waals surface area contributed by atoms with Crippen LogP contribution in [0.2, 0.25) is 0 Å². The van der Waals surface area contributed by atoms with E-state index in [4.69, 9.17) is 4.74 Å². The van der Waals surface area contributed by atoms with Crippen molar-refractivity contribution in [1.29, 1.82) is 0 Å². The third-order valence-corrected chi connectivity index (χ3v) is 4.32. The van der Waals surface area contributed by atoms with Crippen LogP contribution in [-0.2, 0) is 0 Å². The van der Waals surface area contributed by atoms with Gasteiger partial charge in [0.1, 0.15) is 24.0 Å². The lowest BCUT2D eigenvalue weighted by molar-refractivity contribution is 0.162. The fourth-order valence-electron chi connectivity index (χ4n) is 2.98. The molecule has 0 radical (unpaired) electrons. The van der Waals surface area contributed by atoms with E-state index in [1.165, 1.54) is 17.1 Å². The Morgan fingerprint density at radius 2 is 1.88 bits per heavy atom. The Morgan fingerprint density at radius 1 is 1.08 bits per heavy atom. The molecule has 0 spiro atoms. The molecule has 1 aliphatic rings. The Kier molecular flexibility index (Phi) is 4.39. The molecule has 3 aromatic rings. The maximum absolute atomic E-state index is 14.5. The van der Waals surface area contributed by atoms with Crippen LogP contribution in [0.25, 0.3) is 16.8 Å². The number of nitrogens with one attached hydrogen (secondary N) is 1. The molecule has 1 saturated heterocycles. The highest BCUT2D eigenvalue weighted by molar-refractivity contribution is 5.66. The van der Waals surface area contributed by atoms with Crippen LogP contribution in [0.15, 0.2) is 48.8 Å². The van der Waals surface area contributed by atoms with Crippen LogP contribution in [0.1, 0.15) is 12.8 Å². The van der Waals surface area contributed by atoms with E-state index in [1.807, 2.05) is 24.3 Å². The molecule has 0 bridgehead atoms. The molecule has 1 N–H and O–H groups in total. The van der Waals surface area contributed by atoms with Gasteiger partial charge >= 0.3 is 0 Å². The monoisotopic (exact) mass is 339 g/mol. The molecule has 0 atom stereocenters. The Morgan fingerprint density at radius 3 is 2.56 bits per heavy atom. The molecule has 0 unspecified atom stereocenters. The van der Waals surface area contributed by atoms with Crippen molar-refractivity contribution < 1.29 is 9.13 Å². The summed E-state index contributed by atoms with van der Waals surface area (Å²) in [4.78, 5) is 0. The van der Waals surface area contributed by atoms with Gasteiger partial charge in [-0.1, -0.05) is 12.1 Å². The van der Waals surface area contributed by atoms with Crippen molar-refractivity contribution in [3.05, 3.63) is 54.6 Å². The fourth-order valence-corrected chi connectivity index (χ4v) is 2.98. The molecule has 128 valence electrons. The summed E-state index contributed by atoms with van der Waals surface area (Å²) >= 11 is 0. The van der Waals surface area contributed by atoms with Crippen LogP contribution >= 0.6 is 0 Å². The first-order valence-corrected chi connectivity index (χ1v) is 8.30. The van der Waals surface area contributed by atoms with Gasteiger partial charge in [0.2, 0.25) is 0 Å². The third kappa shape index (κ3) is 3.51. The highest BCUT2D eigenvalue weighted by Gasteiger charge is 2.14. The van der Waals surface area contributed by atoms with Crippen molar-refractivity contribution in [2.24, 2.45) is 0 Å². The topological polar surface area (TPSA) is 64.9 Å². The second-order valence-electron chi connectivity index (χ2n) is 6.01. The molecule has 1 fully saturated rings. The molecule has 2 aromatic carbocycles. The average molecular weight is 339 g/mol. The molecule has 4 rings (SSSR count). The van der Waals surface area contributed by atoms with Crippen molar-refractivity contribution in [3.63, 3.8) is 0 Å². The molecule has 1 aromatic heterocycles. The molecule has 0 saturated carbocycles. The molecule has 1 aliphatic heterocycles. The van der Waals surface area contributed by atoms with Gasteiger partial charge in [-0.15, -0.1) is 5.10 Å². The average Bonchev–Trinajstić information content (AvgIpc) is 3.18. The van der Waals surface area contributed by atoms with Crippen molar-refractivity contribution in [2.75, 3.05) is 13.1 Å². The number of piperidine rings is 1. The van der Waals surface area contributed by atoms with Gasteiger partial charge in [0.05, 0.1) is 5.69 Å². The van der Waals surface area contributed by atoms with E-state index in [2.05, 4.69) is 20.8 Å². The molecular formula is C18H18FN5O. The van der Waals surface area contributed by atoms with Crippen molar-refractivity contribution in [1.82, 2.24) is 25.5 Å². The first-order chi connectivity index (χ1) is 12.3. The summed E-state index contributed by atoms with van der Waals surface area (Å²) in [5, 5.41) is 14.2. The van der Waals surface area contributed by atoms with Crippen LogP contribution in [0.3, 0.4) is 0 Å². The van der Waals surface area contributed by atoms with E-state index in [0.717, 1.165) is 37.2 Å². The molecule has 6 nitrogen and oxygen atoms in total. The molecule has 0 aliphatic carbocycles. The zero-order chi connectivity index (χ0) is 17.1. The summed E-state index contributed by atoms with van der Waals surface area (Å²) in [6.07, 6.45) is 3.70. The lowest BCUT2D eigenvalue weighted by atomic mass is 10.0. The van der Waals surface area contributed by atoms with E-state index in [9.17, 15) is 4.39 Å². The molecule has 0 amide bonds. The lowest BCUT2D eigenvalue weighted by Gasteiger charge is -2.23. The highest BCUT2D eigenvalue weighted by atomic mass is 19.1. The predicted molar refractivity (Wildman–Crippen MR) is 91.1 cm³/mol. The van der Waals surface area contributed by atoms with Crippen LogP contribution < -0.4 is 10.1 Å². The van der Waals surface area contributed by atoms with E-state index >= 15 is 0 Å². The smallest absolute Gasteiger partial charge is 0.143 e. The molecular weight excluding hydrogens is 321 g/mol. The summed E-state index contributed by atoms with van der Waals surface area (Å²) < 4.78 is 21.9. The normalized spacial score (nSPS) is 15.2. The van der Waals surface area contributed by atoms with E-state index in [1.54, 1.807) is 12.1 Å². The quantitative estimate of drug-likeness (QED) is 0.791. The highest BCUT2D eigenvalue weighted by Crippen LogP contribution is 2.27. The van der Waals surface area contributed by atoms with Gasteiger partial charge in [-0.05, 0) is 66.2 Å². The van der Waals surface area contributed by atoms with Gasteiger partial charge in [0, 0.05) is 11.6 Å². The number of tetrazole rings is 1. The Hall–Kier alpha value is -2.80. The van der Waals surface area contributed by atoms with Gasteiger partial charge in [-0.25, -0.2) is 9.07 Å². The van der Waals surface area contributed by atoms with Crippen molar-refractivity contribution >= 4 is 0 Å². The minimum Gasteiger partial charge on any atom is -0.490 e. The minimum atomic E-state index is -0.319. The zero-order valence-corrected chi connectivity index (χ0v) is 13.6. The number of nitrogens with zero attached hydrogens (tertiary/aromatic N) is 4. The summed E-state index contributed by atoms with van der Waals surface area (Å²) in [5.41, 5.74) is 1.92. The van der Waals surface area contributed by atoms with Gasteiger partial charge < -0.3 is 10.1 Å². The fraction of sp³-hybridized carbons (Fsp3) is 0.278. The van der Waals surface area contributed by atoms with Gasteiger partial charge in [0.15, 0.2) is 0 Å². The third-order valence-electron chi connectivity index (χ3n) is 4.32. The van der Waals surface area contributed by atoms with Gasteiger partial charge in [-0.2, -0.15) is 0 Å². The largest absolute Gasteiger partial charge is 0.490 e. The zero-order valence-electron chi connectivity index (χ0n) is 13.6.